The first-order valence-corrected chi connectivity index (χ1v) is 11.0. The minimum absolute atomic E-state index is 0.0205. The van der Waals surface area contributed by atoms with Gasteiger partial charge >= 0.3 is 0 Å². The van der Waals surface area contributed by atoms with Gasteiger partial charge in [0.15, 0.2) is 0 Å². The molecule has 172 valence electrons. The van der Waals surface area contributed by atoms with Crippen LogP contribution in [0.15, 0.2) is 48.0 Å². The van der Waals surface area contributed by atoms with Crippen molar-refractivity contribution in [2.75, 3.05) is 34.3 Å². The first kappa shape index (κ1) is 22.9. The zero-order valence-electron chi connectivity index (χ0n) is 19.0. The Bertz CT molecular complexity index is 1280. The molecule has 2 N–H and O–H groups in total. The van der Waals surface area contributed by atoms with Crippen LogP contribution in [0.3, 0.4) is 0 Å². The number of para-hydroxylation sites is 1. The lowest BCUT2D eigenvalue weighted by Crippen LogP contribution is -2.35. The molecule has 2 aromatic carbocycles. The van der Waals surface area contributed by atoms with Crippen molar-refractivity contribution in [3.63, 3.8) is 0 Å². The number of ketones is 1. The van der Waals surface area contributed by atoms with Gasteiger partial charge in [0, 0.05) is 40.3 Å². The number of aliphatic hydroxyl groups is 1. The fourth-order valence-corrected chi connectivity index (χ4v) is 4.55. The van der Waals surface area contributed by atoms with Crippen LogP contribution in [0.1, 0.15) is 22.9 Å². The van der Waals surface area contributed by atoms with E-state index in [9.17, 15) is 14.7 Å². The van der Waals surface area contributed by atoms with Gasteiger partial charge in [-0.1, -0.05) is 29.8 Å². The van der Waals surface area contributed by atoms with E-state index in [0.29, 0.717) is 23.9 Å². The number of aliphatic hydroxyl groups excluding tert-OH is 1. The summed E-state index contributed by atoms with van der Waals surface area (Å²) in [6, 6.07) is 11.7. The molecule has 3 aromatic rings. The number of amides is 1. The minimum atomic E-state index is -0.759. The highest BCUT2D eigenvalue weighted by atomic mass is 35.5. The Morgan fingerprint density at radius 3 is 2.64 bits per heavy atom. The zero-order chi connectivity index (χ0) is 23.9. The molecule has 1 unspecified atom stereocenters. The van der Waals surface area contributed by atoms with Gasteiger partial charge in [-0.3, -0.25) is 9.59 Å². The van der Waals surface area contributed by atoms with Crippen molar-refractivity contribution in [3.05, 3.63) is 69.9 Å². The predicted molar refractivity (Wildman–Crippen MR) is 129 cm³/mol. The summed E-state index contributed by atoms with van der Waals surface area (Å²) in [5, 5.41) is 12.7. The highest BCUT2D eigenvalue weighted by Crippen LogP contribution is 2.44. The highest BCUT2D eigenvalue weighted by Gasteiger charge is 2.47. The number of hydrogen-bond acceptors (Lipinski definition) is 5. The highest BCUT2D eigenvalue weighted by molar-refractivity contribution is 6.46. The van der Waals surface area contributed by atoms with E-state index in [-0.39, 0.29) is 16.9 Å². The Morgan fingerprint density at radius 2 is 1.94 bits per heavy atom. The SMILES string of the molecule is COc1ccc(Cl)cc1/C(O)=C1\C(=O)C(=O)N(CCN(C)C)C1c1c(C)[nH]c2ccccc12. The average molecular weight is 468 g/mol. The fraction of sp³-hybridized carbons (Fsp3) is 0.280. The summed E-state index contributed by atoms with van der Waals surface area (Å²) in [5.41, 5.74) is 2.78. The van der Waals surface area contributed by atoms with E-state index in [4.69, 9.17) is 16.3 Å². The van der Waals surface area contributed by atoms with Gasteiger partial charge in [0.05, 0.1) is 24.3 Å². The van der Waals surface area contributed by atoms with Crippen molar-refractivity contribution in [2.45, 2.75) is 13.0 Å². The van der Waals surface area contributed by atoms with E-state index in [1.807, 2.05) is 50.2 Å². The largest absolute Gasteiger partial charge is 0.507 e. The first-order valence-electron chi connectivity index (χ1n) is 10.6. The van der Waals surface area contributed by atoms with Crippen LogP contribution in [0.5, 0.6) is 5.75 Å². The number of aryl methyl sites for hydroxylation is 1. The number of halogens is 1. The Hall–Kier alpha value is -3.29. The minimum Gasteiger partial charge on any atom is -0.507 e. The van der Waals surface area contributed by atoms with Gasteiger partial charge in [0.2, 0.25) is 0 Å². The molecular weight excluding hydrogens is 442 g/mol. The van der Waals surface area contributed by atoms with Crippen LogP contribution in [0.2, 0.25) is 5.02 Å². The number of ether oxygens (including phenoxy) is 1. The van der Waals surface area contributed by atoms with E-state index >= 15 is 0 Å². The second kappa shape index (κ2) is 8.92. The van der Waals surface area contributed by atoms with Crippen LogP contribution < -0.4 is 4.74 Å². The van der Waals surface area contributed by atoms with Gasteiger partial charge in [0.1, 0.15) is 11.5 Å². The van der Waals surface area contributed by atoms with E-state index in [1.54, 1.807) is 12.1 Å². The van der Waals surface area contributed by atoms with E-state index in [0.717, 1.165) is 22.2 Å². The Morgan fingerprint density at radius 1 is 1.21 bits per heavy atom. The van der Waals surface area contributed by atoms with Gasteiger partial charge in [0.25, 0.3) is 11.7 Å². The number of Topliss-reactive ketones (excluding diaryl/α,β-unsaturated/α-hetero) is 1. The van der Waals surface area contributed by atoms with Crippen LogP contribution >= 0.6 is 11.6 Å². The summed E-state index contributed by atoms with van der Waals surface area (Å²) < 4.78 is 5.39. The second-order valence-corrected chi connectivity index (χ2v) is 8.79. The maximum atomic E-state index is 13.3. The number of aromatic nitrogens is 1. The van der Waals surface area contributed by atoms with E-state index in [2.05, 4.69) is 4.98 Å². The molecule has 0 radical (unpaired) electrons. The molecule has 2 heterocycles. The summed E-state index contributed by atoms with van der Waals surface area (Å²) in [7, 11) is 5.27. The number of likely N-dealkylation sites (N-methyl/N-ethyl adjacent to an activating group) is 1. The van der Waals surface area contributed by atoms with Crippen LogP contribution in [-0.4, -0.2) is 65.9 Å². The van der Waals surface area contributed by atoms with Crippen molar-refractivity contribution in [3.8, 4) is 5.75 Å². The normalized spacial score (nSPS) is 18.0. The molecule has 33 heavy (non-hydrogen) atoms. The second-order valence-electron chi connectivity index (χ2n) is 8.35. The third kappa shape index (κ3) is 3.98. The number of carbonyl (C=O) groups excluding carboxylic acids is 2. The van der Waals surface area contributed by atoms with Crippen molar-refractivity contribution >= 4 is 40.0 Å². The summed E-state index contributed by atoms with van der Waals surface area (Å²) in [6.07, 6.45) is 0. The van der Waals surface area contributed by atoms with Crippen LogP contribution in [0.25, 0.3) is 16.7 Å². The van der Waals surface area contributed by atoms with Crippen molar-refractivity contribution < 1.29 is 19.4 Å². The molecule has 0 spiro atoms. The molecule has 7 nitrogen and oxygen atoms in total. The lowest BCUT2D eigenvalue weighted by atomic mass is 9.93. The van der Waals surface area contributed by atoms with Gasteiger partial charge in [-0.05, 0) is 45.3 Å². The molecular formula is C25H26ClN3O4. The third-order valence-corrected chi connectivity index (χ3v) is 6.20. The Kier molecular flexibility index (Phi) is 6.19. The number of H-pyrrole nitrogens is 1. The lowest BCUT2D eigenvalue weighted by Gasteiger charge is -2.27. The standard InChI is InChI=1S/C25H26ClN3O4/c1-14-20(16-7-5-6-8-18(16)27-14)22-21(24(31)25(32)29(22)12-11-28(2)3)23(30)17-13-15(26)9-10-19(17)33-4/h5-10,13,22,27,30H,11-12H2,1-4H3/b23-21+. The molecule has 1 aliphatic rings. The molecule has 0 aliphatic carbocycles. The number of rotatable bonds is 6. The molecule has 1 atom stereocenters. The summed E-state index contributed by atoms with van der Waals surface area (Å²) >= 11 is 6.18. The fourth-order valence-electron chi connectivity index (χ4n) is 4.38. The van der Waals surface area contributed by atoms with Gasteiger partial charge in [-0.2, -0.15) is 0 Å². The third-order valence-electron chi connectivity index (χ3n) is 5.96. The van der Waals surface area contributed by atoms with Gasteiger partial charge in [-0.25, -0.2) is 0 Å². The Labute approximate surface area is 197 Å². The molecule has 4 rings (SSSR count). The maximum Gasteiger partial charge on any atom is 0.295 e. The van der Waals surface area contributed by atoms with Crippen molar-refractivity contribution in [2.24, 2.45) is 0 Å². The quantitative estimate of drug-likeness (QED) is 0.323. The first-order chi connectivity index (χ1) is 15.7. The topological polar surface area (TPSA) is 85.9 Å². The smallest absolute Gasteiger partial charge is 0.295 e. The van der Waals surface area contributed by atoms with Gasteiger partial charge < -0.3 is 24.6 Å². The van der Waals surface area contributed by atoms with Crippen molar-refractivity contribution in [1.29, 1.82) is 0 Å². The predicted octanol–water partition coefficient (Wildman–Crippen LogP) is 4.12. The maximum absolute atomic E-state index is 13.3. The molecule has 0 saturated carbocycles. The molecule has 1 fully saturated rings. The Balaban J connectivity index is 1.99. The number of methoxy groups -OCH3 is 1. The summed E-state index contributed by atoms with van der Waals surface area (Å²) in [5.74, 6) is -1.34. The van der Waals surface area contributed by atoms with Crippen LogP contribution in [0, 0.1) is 6.92 Å². The number of aromatic amines is 1. The lowest BCUT2D eigenvalue weighted by molar-refractivity contribution is -0.140. The number of hydrogen-bond donors (Lipinski definition) is 2. The average Bonchev–Trinajstić information content (AvgIpc) is 3.24. The van der Waals surface area contributed by atoms with E-state index < -0.39 is 17.7 Å². The molecule has 8 heteroatoms. The number of benzene rings is 2. The summed E-state index contributed by atoms with van der Waals surface area (Å²) in [6.45, 7) is 2.79. The molecule has 0 bridgehead atoms. The molecule has 1 amide bonds. The van der Waals surface area contributed by atoms with Crippen molar-refractivity contribution in [1.82, 2.24) is 14.8 Å². The van der Waals surface area contributed by atoms with Crippen LogP contribution in [0.4, 0.5) is 0 Å². The van der Waals surface area contributed by atoms with Gasteiger partial charge in [-0.15, -0.1) is 0 Å². The number of carbonyl (C=O) groups is 2. The number of fused-ring (bicyclic) bond motifs is 1. The number of nitrogens with zero attached hydrogens (tertiary/aromatic N) is 2. The number of likely N-dealkylation sites (tertiary alicyclic amines) is 1. The summed E-state index contributed by atoms with van der Waals surface area (Å²) in [4.78, 5) is 33.3. The molecule has 1 aliphatic heterocycles. The van der Waals surface area contributed by atoms with E-state index in [1.165, 1.54) is 18.1 Å². The molecule has 1 saturated heterocycles. The molecule has 1 aromatic heterocycles. The van der Waals surface area contributed by atoms with Crippen LogP contribution in [-0.2, 0) is 9.59 Å². The zero-order valence-corrected chi connectivity index (χ0v) is 19.7. The number of nitrogens with one attached hydrogen (secondary N) is 1. The monoisotopic (exact) mass is 467 g/mol.